The molecule has 5 atom stereocenters. The minimum atomic E-state index is -0.391. The van der Waals surface area contributed by atoms with Crippen molar-refractivity contribution in [2.75, 3.05) is 7.11 Å². The molecule has 0 amide bonds. The normalized spacial score (nSPS) is 32.9. The standard InChI is InChI=1S/C42H56O6/c1-28(16-13-17-29(2)20-21-42-40(7,8)25-33(37(44)46-10)26-41(42,9)48-42)14-11-12-15-30(3)22-35-24-32(38(45)47-35)18-19-36-31(4)23-34(43)27-39(36,5)6/h11-17,20-24,33-34,36,43H,18-19,25-27H2,1-10H3/b12-11+,16-13+,21-20+,28-14+,29-17+,30-15+,35-22-/t33-,34-,36-,41+,42-/m0/s1. The van der Waals surface area contributed by atoms with Crippen LogP contribution in [0, 0.1) is 22.7 Å². The van der Waals surface area contributed by atoms with Crippen LogP contribution in [0.5, 0.6) is 0 Å². The summed E-state index contributed by atoms with van der Waals surface area (Å²) in [6.45, 7) is 19.0. The van der Waals surface area contributed by atoms with E-state index in [9.17, 15) is 14.7 Å². The van der Waals surface area contributed by atoms with Crippen molar-refractivity contribution in [1.29, 1.82) is 0 Å². The summed E-state index contributed by atoms with van der Waals surface area (Å²) in [6.07, 6.45) is 27.5. The van der Waals surface area contributed by atoms with E-state index in [2.05, 4.69) is 79.7 Å². The number of hydrogen-bond acceptors (Lipinski definition) is 6. The van der Waals surface area contributed by atoms with Gasteiger partial charge in [-0.3, -0.25) is 4.79 Å². The Balaban J connectivity index is 1.29. The van der Waals surface area contributed by atoms with Crippen LogP contribution < -0.4 is 0 Å². The van der Waals surface area contributed by atoms with E-state index < -0.39 is 6.10 Å². The van der Waals surface area contributed by atoms with Crippen LogP contribution in [-0.4, -0.2) is 41.5 Å². The van der Waals surface area contributed by atoms with Gasteiger partial charge in [-0.15, -0.1) is 0 Å². The maximum atomic E-state index is 12.5. The summed E-state index contributed by atoms with van der Waals surface area (Å²) in [5, 5.41) is 10.1. The van der Waals surface area contributed by atoms with Crippen molar-refractivity contribution in [3.63, 3.8) is 0 Å². The molecule has 2 fully saturated rings. The number of carbonyl (C=O) groups excluding carboxylic acids is 2. The average molecular weight is 657 g/mol. The van der Waals surface area contributed by atoms with Crippen molar-refractivity contribution in [1.82, 2.24) is 0 Å². The molecule has 0 aromatic carbocycles. The van der Waals surface area contributed by atoms with Crippen LogP contribution >= 0.6 is 0 Å². The summed E-state index contributed by atoms with van der Waals surface area (Å²) >= 11 is 0. The summed E-state index contributed by atoms with van der Waals surface area (Å²) in [5.41, 5.74) is 4.19. The van der Waals surface area contributed by atoms with Crippen molar-refractivity contribution >= 4 is 11.9 Å². The molecule has 0 spiro atoms. The molecule has 4 rings (SSSR count). The molecule has 6 nitrogen and oxygen atoms in total. The van der Waals surface area contributed by atoms with Crippen LogP contribution in [0.4, 0.5) is 0 Å². The van der Waals surface area contributed by atoms with Gasteiger partial charge in [0.2, 0.25) is 0 Å². The smallest absolute Gasteiger partial charge is 0.339 e. The third-order valence-electron chi connectivity index (χ3n) is 10.7. The first-order chi connectivity index (χ1) is 22.4. The van der Waals surface area contributed by atoms with E-state index in [1.807, 2.05) is 55.5 Å². The van der Waals surface area contributed by atoms with Gasteiger partial charge in [-0.1, -0.05) is 99.1 Å². The van der Waals surface area contributed by atoms with Gasteiger partial charge in [-0.05, 0) is 102 Å². The molecule has 260 valence electrons. The van der Waals surface area contributed by atoms with E-state index >= 15 is 0 Å². The fourth-order valence-corrected chi connectivity index (χ4v) is 8.23. The molecule has 2 aliphatic carbocycles. The summed E-state index contributed by atoms with van der Waals surface area (Å²) in [4.78, 5) is 24.8. The third kappa shape index (κ3) is 8.38. The Labute approximate surface area is 288 Å². The zero-order valence-corrected chi connectivity index (χ0v) is 30.7. The maximum absolute atomic E-state index is 12.5. The highest BCUT2D eigenvalue weighted by molar-refractivity contribution is 5.92. The predicted molar refractivity (Wildman–Crippen MR) is 193 cm³/mol. The van der Waals surface area contributed by atoms with Gasteiger partial charge in [0.05, 0.1) is 19.1 Å². The number of fused-ring (bicyclic) bond motifs is 1. The van der Waals surface area contributed by atoms with Gasteiger partial charge in [0, 0.05) is 11.0 Å². The van der Waals surface area contributed by atoms with Gasteiger partial charge in [0.15, 0.2) is 0 Å². The van der Waals surface area contributed by atoms with E-state index in [1.54, 1.807) is 0 Å². The number of carbonyl (C=O) groups is 2. The van der Waals surface area contributed by atoms with Crippen molar-refractivity contribution in [3.05, 3.63) is 107 Å². The Bertz CT molecular complexity index is 1550. The fraction of sp³-hybridized carbons (Fsp3) is 0.524. The van der Waals surface area contributed by atoms with E-state index in [0.29, 0.717) is 30.1 Å². The third-order valence-corrected chi connectivity index (χ3v) is 10.7. The Morgan fingerprint density at radius 3 is 2.25 bits per heavy atom. The number of hydrogen-bond donors (Lipinski definition) is 1. The number of esters is 2. The number of epoxide rings is 1. The molecule has 0 aromatic rings. The first-order valence-electron chi connectivity index (χ1n) is 17.3. The van der Waals surface area contributed by atoms with Gasteiger partial charge >= 0.3 is 11.9 Å². The minimum absolute atomic E-state index is 0.0116. The second kappa shape index (κ2) is 14.6. The zero-order valence-electron chi connectivity index (χ0n) is 30.7. The van der Waals surface area contributed by atoms with Crippen molar-refractivity contribution in [3.8, 4) is 0 Å². The van der Waals surface area contributed by atoms with Gasteiger partial charge in [-0.25, -0.2) is 4.79 Å². The summed E-state index contributed by atoms with van der Waals surface area (Å²) in [5.74, 6) is 0.348. The second-order valence-corrected chi connectivity index (χ2v) is 15.8. The topological polar surface area (TPSA) is 85.4 Å². The number of methoxy groups -OCH3 is 1. The molecule has 4 aliphatic rings. The highest BCUT2D eigenvalue weighted by Gasteiger charge is 2.75. The molecular weight excluding hydrogens is 600 g/mol. The maximum Gasteiger partial charge on any atom is 0.339 e. The zero-order chi connectivity index (χ0) is 35.5. The number of aliphatic hydroxyl groups excluding tert-OH is 1. The lowest BCUT2D eigenvalue weighted by Gasteiger charge is -2.40. The molecule has 1 saturated carbocycles. The Morgan fingerprint density at radius 2 is 1.60 bits per heavy atom. The van der Waals surface area contributed by atoms with E-state index in [-0.39, 0.29) is 39.9 Å². The van der Waals surface area contributed by atoms with E-state index in [4.69, 9.17) is 14.2 Å². The van der Waals surface area contributed by atoms with Gasteiger partial charge < -0.3 is 19.3 Å². The van der Waals surface area contributed by atoms with Crippen LogP contribution in [0.15, 0.2) is 107 Å². The average Bonchev–Trinajstić information content (AvgIpc) is 3.47. The van der Waals surface area contributed by atoms with Crippen LogP contribution in [0.3, 0.4) is 0 Å². The Hall–Kier alpha value is -3.48. The number of cyclic esters (lactones) is 1. The number of ether oxygens (including phenoxy) is 3. The Kier molecular flexibility index (Phi) is 11.3. The number of allylic oxidation sites excluding steroid dienone is 14. The van der Waals surface area contributed by atoms with Crippen molar-refractivity contribution < 1.29 is 28.9 Å². The number of aliphatic hydroxyl groups is 1. The van der Waals surface area contributed by atoms with Crippen molar-refractivity contribution in [2.45, 2.75) is 112 Å². The van der Waals surface area contributed by atoms with Crippen LogP contribution in [-0.2, 0) is 23.8 Å². The molecular formula is C42H56O6. The molecule has 48 heavy (non-hydrogen) atoms. The number of rotatable bonds is 11. The van der Waals surface area contributed by atoms with Gasteiger partial charge in [-0.2, -0.15) is 0 Å². The molecule has 1 saturated heterocycles. The second-order valence-electron chi connectivity index (χ2n) is 15.8. The van der Waals surface area contributed by atoms with Crippen molar-refractivity contribution in [2.24, 2.45) is 22.7 Å². The minimum Gasteiger partial charge on any atom is -0.469 e. The summed E-state index contributed by atoms with van der Waals surface area (Å²) < 4.78 is 16.9. The molecule has 0 unspecified atom stereocenters. The highest BCUT2D eigenvalue weighted by atomic mass is 16.6. The lowest BCUT2D eigenvalue weighted by Crippen LogP contribution is -2.46. The molecule has 2 aliphatic heterocycles. The molecule has 6 heteroatoms. The molecule has 0 radical (unpaired) electrons. The first-order valence-corrected chi connectivity index (χ1v) is 17.3. The largest absolute Gasteiger partial charge is 0.469 e. The SMILES string of the molecule is COC(=O)[C@H]1CC(C)(C)[C@]2(/C=C/C(C)=C/C=C/C(C)=C/C=C/C=C(C)/C=C3/C=C(CC[C@H]4C(C)=C[C@H](O)CC4(C)C)C(=O)O3)O[C@]2(C)C1. The molecule has 0 bridgehead atoms. The summed E-state index contributed by atoms with van der Waals surface area (Å²) in [6, 6.07) is 0. The monoisotopic (exact) mass is 656 g/mol. The van der Waals surface area contributed by atoms with Crippen LogP contribution in [0.2, 0.25) is 0 Å². The highest BCUT2D eigenvalue weighted by Crippen LogP contribution is 2.67. The van der Waals surface area contributed by atoms with Gasteiger partial charge in [0.25, 0.3) is 0 Å². The fourth-order valence-electron chi connectivity index (χ4n) is 8.23. The molecule has 2 heterocycles. The first kappa shape index (κ1) is 37.3. The van der Waals surface area contributed by atoms with Crippen LogP contribution in [0.25, 0.3) is 0 Å². The Morgan fingerprint density at radius 1 is 0.958 bits per heavy atom. The molecule has 0 aromatic heterocycles. The van der Waals surface area contributed by atoms with E-state index in [1.165, 1.54) is 12.7 Å². The summed E-state index contributed by atoms with van der Waals surface area (Å²) in [7, 11) is 1.45. The molecule has 1 N–H and O–H groups in total. The lowest BCUT2D eigenvalue weighted by atomic mass is 9.60. The quantitative estimate of drug-likeness (QED) is 0.103. The van der Waals surface area contributed by atoms with Gasteiger partial charge in [0.1, 0.15) is 17.0 Å². The lowest BCUT2D eigenvalue weighted by molar-refractivity contribution is -0.148. The van der Waals surface area contributed by atoms with Crippen LogP contribution in [0.1, 0.15) is 94.4 Å². The predicted octanol–water partition coefficient (Wildman–Crippen LogP) is 9.13. The van der Waals surface area contributed by atoms with E-state index in [0.717, 1.165) is 36.0 Å².